The largest absolute Gasteiger partial charge is 0.364 e. The fourth-order valence-corrected chi connectivity index (χ4v) is 3.10. The summed E-state index contributed by atoms with van der Waals surface area (Å²) in [6.45, 7) is 3.16. The molecular formula is C16H17NO4S. The molecule has 1 N–H and O–H groups in total. The van der Waals surface area contributed by atoms with Crippen LogP contribution in [0.3, 0.4) is 0 Å². The summed E-state index contributed by atoms with van der Waals surface area (Å²) in [6.07, 6.45) is -0.993. The average molecular weight is 319 g/mol. The molecule has 5 nitrogen and oxygen atoms in total. The molecule has 0 saturated heterocycles. The minimum absolute atomic E-state index is 0.215. The molecule has 0 fully saturated rings. The first-order chi connectivity index (χ1) is 10.4. The Hall–Kier alpha value is -2.18. The van der Waals surface area contributed by atoms with Gasteiger partial charge in [-0.05, 0) is 36.8 Å². The highest BCUT2D eigenvalue weighted by Gasteiger charge is 2.17. The van der Waals surface area contributed by atoms with Crippen molar-refractivity contribution in [2.24, 2.45) is 5.16 Å². The first kappa shape index (κ1) is 16.2. The topological polar surface area (TPSA) is 76.0 Å². The third-order valence-corrected chi connectivity index (χ3v) is 4.76. The van der Waals surface area contributed by atoms with E-state index >= 15 is 0 Å². The lowest BCUT2D eigenvalue weighted by Gasteiger charge is -2.07. The van der Waals surface area contributed by atoms with Crippen LogP contribution >= 0.6 is 0 Å². The standard InChI is InChI=1S/C16H17NO4S/c1-12(17-21-13(2)18)14-8-10-16(11-9-14)22(19,20)15-6-4-3-5-7-15/h3-11,13,18H,1-2H3. The first-order valence-electron chi connectivity index (χ1n) is 6.70. The van der Waals surface area contributed by atoms with Gasteiger partial charge in [-0.1, -0.05) is 35.5 Å². The van der Waals surface area contributed by atoms with E-state index in [0.717, 1.165) is 0 Å². The average Bonchev–Trinajstić information content (AvgIpc) is 2.53. The molecule has 1 atom stereocenters. The monoisotopic (exact) mass is 319 g/mol. The third-order valence-electron chi connectivity index (χ3n) is 2.98. The minimum atomic E-state index is -3.52. The summed E-state index contributed by atoms with van der Waals surface area (Å²) in [6, 6.07) is 14.6. The van der Waals surface area contributed by atoms with Crippen LogP contribution in [0.4, 0.5) is 0 Å². The van der Waals surface area contributed by atoms with Gasteiger partial charge in [0.1, 0.15) is 0 Å². The van der Waals surface area contributed by atoms with Crippen molar-refractivity contribution in [1.29, 1.82) is 0 Å². The van der Waals surface area contributed by atoms with Crippen LogP contribution in [0.1, 0.15) is 19.4 Å². The molecule has 0 radical (unpaired) electrons. The van der Waals surface area contributed by atoms with Gasteiger partial charge in [0, 0.05) is 6.92 Å². The highest BCUT2D eigenvalue weighted by molar-refractivity contribution is 7.91. The molecule has 2 aromatic carbocycles. The van der Waals surface area contributed by atoms with E-state index in [1.54, 1.807) is 49.4 Å². The molecule has 0 aromatic heterocycles. The number of nitrogens with zero attached hydrogens (tertiary/aromatic N) is 1. The van der Waals surface area contributed by atoms with Crippen LogP contribution in [0.2, 0.25) is 0 Å². The molecule has 2 rings (SSSR count). The molecule has 22 heavy (non-hydrogen) atoms. The van der Waals surface area contributed by atoms with Crippen LogP contribution in [-0.4, -0.2) is 25.5 Å². The molecule has 6 heteroatoms. The normalized spacial score (nSPS) is 13.7. The zero-order valence-corrected chi connectivity index (χ0v) is 13.1. The van der Waals surface area contributed by atoms with E-state index in [2.05, 4.69) is 5.16 Å². The summed E-state index contributed by atoms with van der Waals surface area (Å²) in [5.74, 6) is 0. The van der Waals surface area contributed by atoms with Gasteiger partial charge in [-0.15, -0.1) is 0 Å². The van der Waals surface area contributed by atoms with E-state index in [1.807, 2.05) is 0 Å². The molecule has 116 valence electrons. The molecule has 0 heterocycles. The fourth-order valence-electron chi connectivity index (χ4n) is 1.82. The number of sulfone groups is 1. The van der Waals surface area contributed by atoms with Crippen LogP contribution in [0.15, 0.2) is 69.5 Å². The quantitative estimate of drug-likeness (QED) is 0.522. The molecule has 0 bridgehead atoms. The van der Waals surface area contributed by atoms with E-state index in [4.69, 9.17) is 9.94 Å². The van der Waals surface area contributed by atoms with Gasteiger partial charge < -0.3 is 9.94 Å². The van der Waals surface area contributed by atoms with Gasteiger partial charge in [0.25, 0.3) is 0 Å². The maximum Gasteiger partial charge on any atom is 0.221 e. The van der Waals surface area contributed by atoms with Gasteiger partial charge in [-0.2, -0.15) is 0 Å². The van der Waals surface area contributed by atoms with Gasteiger partial charge in [-0.25, -0.2) is 8.42 Å². The lowest BCUT2D eigenvalue weighted by Crippen LogP contribution is -2.05. The van der Waals surface area contributed by atoms with Crippen molar-refractivity contribution in [3.63, 3.8) is 0 Å². The van der Waals surface area contributed by atoms with Gasteiger partial charge in [0.2, 0.25) is 16.1 Å². The van der Waals surface area contributed by atoms with Crippen LogP contribution < -0.4 is 0 Å². The van der Waals surface area contributed by atoms with Gasteiger partial charge in [-0.3, -0.25) is 0 Å². The van der Waals surface area contributed by atoms with E-state index in [0.29, 0.717) is 11.3 Å². The highest BCUT2D eigenvalue weighted by atomic mass is 32.2. The van der Waals surface area contributed by atoms with Crippen LogP contribution in [0.25, 0.3) is 0 Å². The maximum absolute atomic E-state index is 12.4. The highest BCUT2D eigenvalue weighted by Crippen LogP contribution is 2.21. The maximum atomic E-state index is 12.4. The Balaban J connectivity index is 2.28. The predicted molar refractivity (Wildman–Crippen MR) is 83.3 cm³/mol. The SMILES string of the molecule is CC(=NOC(C)O)c1ccc(S(=O)(=O)c2ccccc2)cc1. The molecule has 2 aromatic rings. The summed E-state index contributed by atoms with van der Waals surface area (Å²) < 4.78 is 24.9. The van der Waals surface area contributed by atoms with Crippen molar-refractivity contribution < 1.29 is 18.4 Å². The molecule has 0 amide bonds. The first-order valence-corrected chi connectivity index (χ1v) is 8.18. The Bertz CT molecular complexity index is 750. The summed E-state index contributed by atoms with van der Waals surface area (Å²) >= 11 is 0. The van der Waals surface area contributed by atoms with Gasteiger partial charge >= 0.3 is 0 Å². The number of hydrogen-bond donors (Lipinski definition) is 1. The van der Waals surface area contributed by atoms with E-state index in [-0.39, 0.29) is 9.79 Å². The second-order valence-corrected chi connectivity index (χ2v) is 6.67. The Morgan fingerprint density at radius 2 is 1.59 bits per heavy atom. The second-order valence-electron chi connectivity index (χ2n) is 4.72. The summed E-state index contributed by atoms with van der Waals surface area (Å²) in [5, 5.41) is 12.8. The van der Waals surface area contributed by atoms with E-state index in [9.17, 15) is 8.42 Å². The lowest BCUT2D eigenvalue weighted by molar-refractivity contribution is -0.0836. The smallest absolute Gasteiger partial charge is 0.221 e. The molecule has 0 spiro atoms. The van der Waals surface area contributed by atoms with E-state index < -0.39 is 16.1 Å². The second kappa shape index (κ2) is 6.72. The van der Waals surface area contributed by atoms with Crippen molar-refractivity contribution in [3.8, 4) is 0 Å². The summed E-state index contributed by atoms with van der Waals surface area (Å²) in [5.41, 5.74) is 1.26. The Morgan fingerprint density at radius 1 is 1.05 bits per heavy atom. The third kappa shape index (κ3) is 3.72. The van der Waals surface area contributed by atoms with Crippen LogP contribution in [-0.2, 0) is 14.7 Å². The zero-order chi connectivity index (χ0) is 16.2. The predicted octanol–water partition coefficient (Wildman–Crippen LogP) is 2.60. The molecule has 0 aliphatic carbocycles. The molecule has 0 saturated carbocycles. The van der Waals surface area contributed by atoms with Gasteiger partial charge in [0.05, 0.1) is 15.5 Å². The molecule has 0 aliphatic rings. The van der Waals surface area contributed by atoms with Crippen molar-refractivity contribution in [2.45, 2.75) is 29.9 Å². The van der Waals surface area contributed by atoms with Crippen molar-refractivity contribution >= 4 is 15.5 Å². The van der Waals surface area contributed by atoms with Crippen LogP contribution in [0.5, 0.6) is 0 Å². The molecule has 0 aliphatic heterocycles. The fraction of sp³-hybridized carbons (Fsp3) is 0.188. The van der Waals surface area contributed by atoms with E-state index in [1.165, 1.54) is 19.1 Å². The van der Waals surface area contributed by atoms with Crippen molar-refractivity contribution in [3.05, 3.63) is 60.2 Å². The minimum Gasteiger partial charge on any atom is -0.364 e. The number of aliphatic hydroxyl groups is 1. The summed E-state index contributed by atoms with van der Waals surface area (Å²) in [4.78, 5) is 5.22. The summed E-state index contributed by atoms with van der Waals surface area (Å²) in [7, 11) is -3.52. The number of hydrogen-bond acceptors (Lipinski definition) is 5. The Labute approximate surface area is 129 Å². The lowest BCUT2D eigenvalue weighted by atomic mass is 10.1. The number of rotatable bonds is 5. The zero-order valence-electron chi connectivity index (χ0n) is 12.3. The van der Waals surface area contributed by atoms with Crippen molar-refractivity contribution in [2.75, 3.05) is 0 Å². The van der Waals surface area contributed by atoms with Gasteiger partial charge in [0.15, 0.2) is 0 Å². The van der Waals surface area contributed by atoms with Crippen molar-refractivity contribution in [1.82, 2.24) is 0 Å². The number of benzene rings is 2. The Kier molecular flexibility index (Phi) is 4.95. The van der Waals surface area contributed by atoms with Crippen LogP contribution in [0, 0.1) is 0 Å². The molecular weight excluding hydrogens is 302 g/mol. The Morgan fingerprint density at radius 3 is 2.14 bits per heavy atom. The number of aliphatic hydroxyl groups excluding tert-OH is 1. The molecule has 1 unspecified atom stereocenters. The number of oxime groups is 1.